The highest BCUT2D eigenvalue weighted by Crippen LogP contribution is 2.36. The van der Waals surface area contributed by atoms with Crippen LogP contribution in [0.25, 0.3) is 11.3 Å². The number of alkyl halides is 1. The number of aromatic nitrogens is 3. The summed E-state index contributed by atoms with van der Waals surface area (Å²) in [4.78, 5) is 12.7. The zero-order valence-corrected chi connectivity index (χ0v) is 22.8. The van der Waals surface area contributed by atoms with Crippen molar-refractivity contribution in [3.05, 3.63) is 90.0 Å². The van der Waals surface area contributed by atoms with E-state index in [1.807, 2.05) is 0 Å². The van der Waals surface area contributed by atoms with E-state index in [9.17, 15) is 21.6 Å². The second kappa shape index (κ2) is 12.7. The summed E-state index contributed by atoms with van der Waals surface area (Å²) in [6.45, 7) is 0.741. The lowest BCUT2D eigenvalue weighted by Gasteiger charge is -2.29. The van der Waals surface area contributed by atoms with E-state index < -0.39 is 51.3 Å². The number of ether oxygens (including phenoxy) is 1. The normalized spacial score (nSPS) is 17.0. The third kappa shape index (κ3) is 6.94. The van der Waals surface area contributed by atoms with Crippen LogP contribution in [0.4, 0.5) is 29.2 Å². The highest BCUT2D eigenvalue weighted by Gasteiger charge is 2.26. The van der Waals surface area contributed by atoms with Gasteiger partial charge in [0.25, 0.3) is 0 Å². The zero-order chi connectivity index (χ0) is 29.7. The molecule has 14 heteroatoms. The quantitative estimate of drug-likeness (QED) is 0.171. The number of pyridine rings is 1. The number of benzene rings is 2. The van der Waals surface area contributed by atoms with Gasteiger partial charge in [-0.15, -0.1) is 0 Å². The van der Waals surface area contributed by atoms with Gasteiger partial charge in [0.05, 0.1) is 23.7 Å². The lowest BCUT2D eigenvalue weighted by molar-refractivity contribution is 0.282. The number of piperidine rings is 1. The molecule has 2 aromatic carbocycles. The molecule has 1 saturated heterocycles. The molecule has 0 saturated carbocycles. The Balaban J connectivity index is 1.37. The first-order valence-electron chi connectivity index (χ1n) is 12.9. The van der Waals surface area contributed by atoms with E-state index in [4.69, 9.17) is 4.74 Å². The average molecular weight is 603 g/mol. The molecule has 0 radical (unpaired) electrons. The molecule has 0 aliphatic carbocycles. The standard InChI is InChI=1S/C28H26F4N6O3S/c29-13-18-11-19(15-33-14-18)36-28-35-10-8-22(37-28)20-7-4-9-34-27(20)41-23-12-21(30)26(25(32)24(23)31)38-42(39,40)16-17-5-2-1-3-6-17/h1-10,12,18-19,33,38H,11,13-16H2,(H,35,36,37)/t18-,19-/m0/s1. The Kier molecular flexibility index (Phi) is 8.83. The molecule has 1 aliphatic heterocycles. The molecule has 42 heavy (non-hydrogen) atoms. The fraction of sp³-hybridized carbons (Fsp3) is 0.250. The molecular formula is C28H26F4N6O3S. The van der Waals surface area contributed by atoms with Crippen LogP contribution in [0.15, 0.2) is 67.0 Å². The maximum absolute atomic E-state index is 15.1. The van der Waals surface area contributed by atoms with E-state index in [-0.39, 0.29) is 29.4 Å². The number of hydrogen-bond donors (Lipinski definition) is 3. The highest BCUT2D eigenvalue weighted by atomic mass is 32.2. The van der Waals surface area contributed by atoms with Crippen LogP contribution in [0.5, 0.6) is 11.6 Å². The number of nitrogens with zero attached hydrogens (tertiary/aromatic N) is 3. The van der Waals surface area contributed by atoms with Gasteiger partial charge in [-0.05, 0) is 30.2 Å². The predicted molar refractivity (Wildman–Crippen MR) is 149 cm³/mol. The summed E-state index contributed by atoms with van der Waals surface area (Å²) < 4.78 is 90.3. The van der Waals surface area contributed by atoms with Crippen LogP contribution in [-0.2, 0) is 15.8 Å². The number of hydrogen-bond acceptors (Lipinski definition) is 8. The van der Waals surface area contributed by atoms with Crippen molar-refractivity contribution in [1.29, 1.82) is 0 Å². The van der Waals surface area contributed by atoms with Crippen molar-refractivity contribution in [3.63, 3.8) is 0 Å². The van der Waals surface area contributed by atoms with Crippen LogP contribution >= 0.6 is 0 Å². The van der Waals surface area contributed by atoms with Crippen molar-refractivity contribution >= 4 is 21.7 Å². The number of halogens is 4. The molecule has 2 atom stereocenters. The van der Waals surface area contributed by atoms with Gasteiger partial charge in [-0.2, -0.15) is 4.39 Å². The first-order chi connectivity index (χ1) is 20.2. The van der Waals surface area contributed by atoms with E-state index in [1.54, 1.807) is 41.1 Å². The first kappa shape index (κ1) is 29.2. The van der Waals surface area contributed by atoms with Crippen LogP contribution in [0.1, 0.15) is 12.0 Å². The summed E-state index contributed by atoms with van der Waals surface area (Å²) in [6.07, 6.45) is 3.40. The summed E-state index contributed by atoms with van der Waals surface area (Å²) in [6, 6.07) is 13.1. The topological polar surface area (TPSA) is 118 Å². The van der Waals surface area contributed by atoms with Crippen LogP contribution in [0, 0.1) is 23.4 Å². The fourth-order valence-electron chi connectivity index (χ4n) is 4.52. The number of nitrogens with one attached hydrogen (secondary N) is 3. The molecule has 220 valence electrons. The predicted octanol–water partition coefficient (Wildman–Crippen LogP) is 5.05. The van der Waals surface area contributed by atoms with Crippen molar-refractivity contribution in [2.45, 2.75) is 18.2 Å². The van der Waals surface area contributed by atoms with Crippen LogP contribution in [0.3, 0.4) is 0 Å². The maximum atomic E-state index is 15.1. The third-order valence-corrected chi connectivity index (χ3v) is 7.71. The molecule has 0 unspecified atom stereocenters. The van der Waals surface area contributed by atoms with Crippen LogP contribution < -0.4 is 20.1 Å². The Hall–Kier alpha value is -4.30. The van der Waals surface area contributed by atoms with E-state index in [0.29, 0.717) is 36.8 Å². The van der Waals surface area contributed by atoms with Gasteiger partial charge in [0, 0.05) is 43.5 Å². The van der Waals surface area contributed by atoms with Gasteiger partial charge in [0.1, 0.15) is 5.69 Å². The Labute approximate surface area is 239 Å². The average Bonchev–Trinajstić information content (AvgIpc) is 2.99. The van der Waals surface area contributed by atoms with E-state index in [0.717, 1.165) is 0 Å². The lowest BCUT2D eigenvalue weighted by Crippen LogP contribution is -2.44. The lowest BCUT2D eigenvalue weighted by atomic mass is 9.97. The SMILES string of the molecule is O=S(=O)(Cc1ccccc1)Nc1c(F)cc(Oc2ncccc2-c2ccnc(N[C@@H]3CNC[C@H](CF)C3)n2)c(F)c1F. The van der Waals surface area contributed by atoms with Crippen molar-refractivity contribution in [2.24, 2.45) is 5.92 Å². The summed E-state index contributed by atoms with van der Waals surface area (Å²) in [5, 5.41) is 6.32. The van der Waals surface area contributed by atoms with Gasteiger partial charge in [-0.1, -0.05) is 30.3 Å². The van der Waals surface area contributed by atoms with Gasteiger partial charge in [0.15, 0.2) is 17.4 Å². The van der Waals surface area contributed by atoms with Crippen molar-refractivity contribution in [2.75, 3.05) is 29.8 Å². The summed E-state index contributed by atoms with van der Waals surface area (Å²) in [7, 11) is -4.28. The van der Waals surface area contributed by atoms with E-state index in [2.05, 4.69) is 25.6 Å². The smallest absolute Gasteiger partial charge is 0.237 e. The number of rotatable bonds is 10. The minimum absolute atomic E-state index is 0.108. The highest BCUT2D eigenvalue weighted by molar-refractivity contribution is 7.91. The van der Waals surface area contributed by atoms with Gasteiger partial charge in [0.2, 0.25) is 27.7 Å². The molecule has 4 aromatic rings. The fourth-order valence-corrected chi connectivity index (χ4v) is 5.72. The van der Waals surface area contributed by atoms with Gasteiger partial charge in [-0.25, -0.2) is 32.2 Å². The van der Waals surface area contributed by atoms with Crippen molar-refractivity contribution in [1.82, 2.24) is 20.3 Å². The van der Waals surface area contributed by atoms with E-state index in [1.165, 1.54) is 24.5 Å². The van der Waals surface area contributed by atoms with Crippen LogP contribution in [-0.4, -0.2) is 49.2 Å². The Morgan fingerprint density at radius 1 is 0.976 bits per heavy atom. The molecule has 5 rings (SSSR count). The van der Waals surface area contributed by atoms with Gasteiger partial charge < -0.3 is 15.4 Å². The first-order valence-corrected chi connectivity index (χ1v) is 14.6. The van der Waals surface area contributed by atoms with Gasteiger partial charge in [-0.3, -0.25) is 9.11 Å². The Morgan fingerprint density at radius 3 is 2.57 bits per heavy atom. The minimum Gasteiger partial charge on any atom is -0.435 e. The van der Waals surface area contributed by atoms with Crippen molar-refractivity contribution < 1.29 is 30.7 Å². The minimum atomic E-state index is -4.28. The number of anilines is 2. The monoisotopic (exact) mass is 602 g/mol. The molecule has 0 bridgehead atoms. The second-order valence-electron chi connectivity index (χ2n) is 9.69. The Morgan fingerprint density at radius 2 is 1.79 bits per heavy atom. The molecule has 0 spiro atoms. The number of sulfonamides is 1. The summed E-state index contributed by atoms with van der Waals surface area (Å²) in [5.74, 6) is -6.30. The van der Waals surface area contributed by atoms with Crippen molar-refractivity contribution in [3.8, 4) is 22.9 Å². The Bertz CT molecular complexity index is 1660. The van der Waals surface area contributed by atoms with Gasteiger partial charge >= 0.3 is 0 Å². The van der Waals surface area contributed by atoms with E-state index >= 15 is 4.39 Å². The molecule has 9 nitrogen and oxygen atoms in total. The molecule has 1 fully saturated rings. The second-order valence-corrected chi connectivity index (χ2v) is 11.4. The molecule has 1 aliphatic rings. The summed E-state index contributed by atoms with van der Waals surface area (Å²) in [5.41, 5.74) is -0.223. The summed E-state index contributed by atoms with van der Waals surface area (Å²) >= 11 is 0. The molecule has 2 aromatic heterocycles. The maximum Gasteiger partial charge on any atom is 0.237 e. The molecule has 0 amide bonds. The van der Waals surface area contributed by atoms with Crippen LogP contribution in [0.2, 0.25) is 0 Å². The largest absolute Gasteiger partial charge is 0.435 e. The molecular weight excluding hydrogens is 576 g/mol. The molecule has 3 heterocycles. The molecule has 3 N–H and O–H groups in total. The third-order valence-electron chi connectivity index (χ3n) is 6.48. The zero-order valence-electron chi connectivity index (χ0n) is 22.0.